The fraction of sp³-hybridized carbons (Fsp3) is 0.643. The Labute approximate surface area is 111 Å². The summed E-state index contributed by atoms with van der Waals surface area (Å²) in [5.74, 6) is 1.11. The van der Waals surface area contributed by atoms with Gasteiger partial charge in [0.2, 0.25) is 0 Å². The van der Waals surface area contributed by atoms with Gasteiger partial charge in [-0.3, -0.25) is 0 Å². The van der Waals surface area contributed by atoms with Crippen LogP contribution >= 0.6 is 0 Å². The number of alkyl halides is 3. The summed E-state index contributed by atoms with van der Waals surface area (Å²) in [4.78, 5) is 3.85. The maximum Gasteiger partial charge on any atom is 0.417 e. The Kier molecular flexibility index (Phi) is 4.32. The van der Waals surface area contributed by atoms with E-state index in [-0.39, 0.29) is 6.04 Å². The van der Waals surface area contributed by atoms with Crippen LogP contribution in [0.5, 0.6) is 0 Å². The highest BCUT2D eigenvalue weighted by Crippen LogP contribution is 2.30. The highest BCUT2D eigenvalue weighted by atomic mass is 19.4. The van der Waals surface area contributed by atoms with Gasteiger partial charge in [0, 0.05) is 12.2 Å². The van der Waals surface area contributed by atoms with Gasteiger partial charge in [-0.2, -0.15) is 13.2 Å². The highest BCUT2D eigenvalue weighted by molar-refractivity contribution is 5.37. The second kappa shape index (κ2) is 5.80. The van der Waals surface area contributed by atoms with Crippen LogP contribution in [0.1, 0.15) is 44.6 Å². The molecule has 1 saturated carbocycles. The molecule has 0 amide bonds. The lowest BCUT2D eigenvalue weighted by molar-refractivity contribution is -0.137. The molecule has 1 heterocycles. The Hall–Kier alpha value is -1.26. The molecule has 2 nitrogen and oxygen atoms in total. The van der Waals surface area contributed by atoms with E-state index < -0.39 is 11.7 Å². The molecule has 0 bridgehead atoms. The van der Waals surface area contributed by atoms with Gasteiger partial charge in [0.15, 0.2) is 0 Å². The third-order valence-corrected chi connectivity index (χ3v) is 3.82. The lowest BCUT2D eigenvalue weighted by Gasteiger charge is -2.28. The summed E-state index contributed by atoms with van der Waals surface area (Å²) in [7, 11) is 0. The average molecular weight is 272 g/mol. The van der Waals surface area contributed by atoms with E-state index in [0.717, 1.165) is 12.3 Å². The summed E-state index contributed by atoms with van der Waals surface area (Å²) in [6.07, 6.45) is 2.73. The van der Waals surface area contributed by atoms with Crippen molar-refractivity contribution < 1.29 is 13.2 Å². The second-order valence-corrected chi connectivity index (χ2v) is 5.26. The minimum atomic E-state index is -4.32. The molecule has 0 aromatic carbocycles. The molecule has 1 aromatic rings. The molecule has 0 aliphatic heterocycles. The molecule has 19 heavy (non-hydrogen) atoms. The number of anilines is 1. The minimum absolute atomic E-state index is 0.254. The van der Waals surface area contributed by atoms with Crippen LogP contribution in [-0.2, 0) is 6.18 Å². The molecule has 1 aliphatic rings. The van der Waals surface area contributed by atoms with E-state index in [4.69, 9.17) is 0 Å². The fourth-order valence-corrected chi connectivity index (χ4v) is 2.63. The third-order valence-electron chi connectivity index (χ3n) is 3.82. The zero-order chi connectivity index (χ0) is 13.9. The van der Waals surface area contributed by atoms with E-state index >= 15 is 0 Å². The van der Waals surface area contributed by atoms with Gasteiger partial charge < -0.3 is 5.32 Å². The van der Waals surface area contributed by atoms with Crippen LogP contribution in [0.4, 0.5) is 19.0 Å². The molecular weight excluding hydrogens is 253 g/mol. The van der Waals surface area contributed by atoms with Crippen LogP contribution in [0.2, 0.25) is 0 Å². The molecule has 2 rings (SSSR count). The Morgan fingerprint density at radius 1 is 1.21 bits per heavy atom. The van der Waals surface area contributed by atoms with Crippen molar-refractivity contribution in [1.82, 2.24) is 4.98 Å². The molecule has 1 unspecified atom stereocenters. The van der Waals surface area contributed by atoms with Crippen LogP contribution < -0.4 is 5.32 Å². The van der Waals surface area contributed by atoms with E-state index in [9.17, 15) is 13.2 Å². The second-order valence-electron chi connectivity index (χ2n) is 5.26. The Morgan fingerprint density at radius 3 is 2.42 bits per heavy atom. The zero-order valence-electron chi connectivity index (χ0n) is 11.0. The molecule has 1 atom stereocenters. The normalized spacial score (nSPS) is 19.2. The van der Waals surface area contributed by atoms with Crippen LogP contribution in [0.3, 0.4) is 0 Å². The van der Waals surface area contributed by atoms with E-state index in [1.165, 1.54) is 38.2 Å². The highest BCUT2D eigenvalue weighted by Gasteiger charge is 2.30. The first-order chi connectivity index (χ1) is 8.97. The molecule has 0 saturated heterocycles. The van der Waals surface area contributed by atoms with Crippen molar-refractivity contribution in [2.45, 2.75) is 51.2 Å². The molecule has 1 N–H and O–H groups in total. The summed E-state index contributed by atoms with van der Waals surface area (Å²) in [5, 5.41) is 3.21. The minimum Gasteiger partial charge on any atom is -0.367 e. The Balaban J connectivity index is 1.95. The smallest absolute Gasteiger partial charge is 0.367 e. The van der Waals surface area contributed by atoms with Crippen molar-refractivity contribution in [3.63, 3.8) is 0 Å². The van der Waals surface area contributed by atoms with Crippen molar-refractivity contribution in [3.05, 3.63) is 23.9 Å². The number of hydrogen-bond donors (Lipinski definition) is 1. The van der Waals surface area contributed by atoms with Gasteiger partial charge in [-0.1, -0.05) is 19.3 Å². The molecule has 1 fully saturated rings. The Morgan fingerprint density at radius 2 is 1.89 bits per heavy atom. The molecule has 1 aliphatic carbocycles. The summed E-state index contributed by atoms with van der Waals surface area (Å²) in [6.45, 7) is 2.08. The monoisotopic (exact) mass is 272 g/mol. The fourth-order valence-electron chi connectivity index (χ4n) is 2.63. The van der Waals surface area contributed by atoms with Crippen LogP contribution in [-0.4, -0.2) is 11.0 Å². The number of nitrogens with one attached hydrogen (secondary N) is 1. The number of hydrogen-bond acceptors (Lipinski definition) is 2. The van der Waals surface area contributed by atoms with Crippen LogP contribution in [0.25, 0.3) is 0 Å². The molecule has 1 aromatic heterocycles. The first-order valence-electron chi connectivity index (χ1n) is 6.76. The van der Waals surface area contributed by atoms with Crippen molar-refractivity contribution in [2.75, 3.05) is 5.32 Å². The van der Waals surface area contributed by atoms with Gasteiger partial charge in [-0.25, -0.2) is 4.98 Å². The Bertz CT molecular complexity index is 394. The predicted molar refractivity (Wildman–Crippen MR) is 68.9 cm³/mol. The summed E-state index contributed by atoms with van der Waals surface area (Å²) in [6, 6.07) is 2.73. The van der Waals surface area contributed by atoms with Gasteiger partial charge in [-0.15, -0.1) is 0 Å². The first-order valence-corrected chi connectivity index (χ1v) is 6.76. The van der Waals surface area contributed by atoms with Gasteiger partial charge >= 0.3 is 6.18 Å². The van der Waals surface area contributed by atoms with Crippen LogP contribution in [0, 0.1) is 5.92 Å². The van der Waals surface area contributed by atoms with Crippen molar-refractivity contribution in [3.8, 4) is 0 Å². The standard InChI is InChI=1S/C14H19F3N2/c1-10(11-5-3-2-4-6-11)19-13-8-7-12(9-18-13)14(15,16)17/h7-11H,2-6H2,1H3,(H,18,19). The summed E-state index contributed by atoms with van der Waals surface area (Å²) < 4.78 is 37.2. The van der Waals surface area contributed by atoms with Gasteiger partial charge in [0.05, 0.1) is 5.56 Å². The number of pyridine rings is 1. The van der Waals surface area contributed by atoms with Gasteiger partial charge in [0.1, 0.15) is 5.82 Å². The van der Waals surface area contributed by atoms with Crippen molar-refractivity contribution >= 4 is 5.82 Å². The largest absolute Gasteiger partial charge is 0.417 e. The lowest BCUT2D eigenvalue weighted by Crippen LogP contribution is -2.28. The molecular formula is C14H19F3N2. The molecule has 5 heteroatoms. The van der Waals surface area contributed by atoms with Crippen LogP contribution in [0.15, 0.2) is 18.3 Å². The summed E-state index contributed by atoms with van der Waals surface area (Å²) >= 11 is 0. The molecule has 0 spiro atoms. The molecule has 0 radical (unpaired) electrons. The van der Waals surface area contributed by atoms with Gasteiger partial charge in [0.25, 0.3) is 0 Å². The van der Waals surface area contributed by atoms with E-state index in [0.29, 0.717) is 11.7 Å². The number of nitrogens with zero attached hydrogens (tertiary/aromatic N) is 1. The van der Waals surface area contributed by atoms with E-state index in [1.807, 2.05) is 0 Å². The quantitative estimate of drug-likeness (QED) is 0.877. The first kappa shape index (κ1) is 14.2. The number of aromatic nitrogens is 1. The third kappa shape index (κ3) is 3.85. The van der Waals surface area contributed by atoms with E-state index in [2.05, 4.69) is 17.2 Å². The van der Waals surface area contributed by atoms with Crippen molar-refractivity contribution in [2.24, 2.45) is 5.92 Å². The SMILES string of the molecule is CC(Nc1ccc(C(F)(F)F)cn1)C1CCCCC1. The lowest BCUT2D eigenvalue weighted by atomic mass is 9.84. The van der Waals surface area contributed by atoms with Crippen molar-refractivity contribution in [1.29, 1.82) is 0 Å². The zero-order valence-corrected chi connectivity index (χ0v) is 11.0. The summed E-state index contributed by atoms with van der Waals surface area (Å²) in [5.41, 5.74) is -0.705. The van der Waals surface area contributed by atoms with Gasteiger partial charge in [-0.05, 0) is 37.8 Å². The molecule has 106 valence electrons. The topological polar surface area (TPSA) is 24.9 Å². The maximum atomic E-state index is 12.4. The number of halogens is 3. The maximum absolute atomic E-state index is 12.4. The van der Waals surface area contributed by atoms with E-state index in [1.54, 1.807) is 0 Å². The average Bonchev–Trinajstić information content (AvgIpc) is 2.39. The number of rotatable bonds is 3. The predicted octanol–water partition coefficient (Wildman–Crippen LogP) is 4.48.